The number of aromatic nitrogens is 4. The molecule has 3 aliphatic heterocycles. The van der Waals surface area contributed by atoms with Crippen LogP contribution in [-0.2, 0) is 28.4 Å². The highest BCUT2D eigenvalue weighted by Crippen LogP contribution is 2.50. The summed E-state index contributed by atoms with van der Waals surface area (Å²) in [5, 5.41) is 20.3. The fourth-order valence-corrected chi connectivity index (χ4v) is 11.7. The number of imidazole rings is 2. The van der Waals surface area contributed by atoms with E-state index in [2.05, 4.69) is 77.1 Å². The molecule has 0 aliphatic carbocycles. The molecule has 2 N–H and O–H groups in total. The maximum atomic E-state index is 17.1. The lowest BCUT2D eigenvalue weighted by Gasteiger charge is -2.34. The van der Waals surface area contributed by atoms with Gasteiger partial charge in [-0.15, -0.1) is 0 Å². The third-order valence-corrected chi connectivity index (χ3v) is 17.4. The molecule has 3 aromatic carbocycles. The SMILES string of the molecule is CC(C)(C)c1ccc(N2[C@@H](c3cc4nc([C@H]5CCCN5C(=O)O)n(COCC[Si](C)(C)C)c4cc3F)CC[C@@H]2c2cc3nc([C@@H]4CCCN4C(=O)O)n(COCC[Si](C)(C)C)c3cc2F)cc1. The molecule has 0 unspecified atom stereocenters. The zero-order valence-corrected chi connectivity index (χ0v) is 42.7. The molecule has 0 spiro atoms. The fraction of sp³-hybridized carbons (Fsp3) is 0.560. The summed E-state index contributed by atoms with van der Waals surface area (Å²) in [5.41, 5.74) is 4.83. The van der Waals surface area contributed by atoms with Gasteiger partial charge in [-0.05, 0) is 85.9 Å². The quantitative estimate of drug-likeness (QED) is 0.0775. The van der Waals surface area contributed by atoms with Gasteiger partial charge in [0.2, 0.25) is 0 Å². The second-order valence-electron chi connectivity index (χ2n) is 22.3. The average molecular weight is 958 g/mol. The number of carboxylic acid groups (broad SMARTS) is 2. The van der Waals surface area contributed by atoms with E-state index in [0.29, 0.717) is 110 Å². The van der Waals surface area contributed by atoms with Crippen molar-refractivity contribution >= 4 is 56.1 Å². The first-order chi connectivity index (χ1) is 31.6. The maximum Gasteiger partial charge on any atom is 0.407 e. The Bertz CT molecular complexity index is 2470. The predicted octanol–water partition coefficient (Wildman–Crippen LogP) is 12.3. The predicted molar refractivity (Wildman–Crippen MR) is 263 cm³/mol. The van der Waals surface area contributed by atoms with Gasteiger partial charge in [0.25, 0.3) is 0 Å². The molecule has 17 heteroatoms. The minimum atomic E-state index is -1.40. The Hall–Kier alpha value is -4.85. The summed E-state index contributed by atoms with van der Waals surface area (Å²) in [6.07, 6.45) is 1.57. The van der Waals surface area contributed by atoms with E-state index in [9.17, 15) is 19.8 Å². The number of halogens is 2. The molecule has 5 aromatic rings. The van der Waals surface area contributed by atoms with Gasteiger partial charge in [0, 0.05) is 71.4 Å². The van der Waals surface area contributed by atoms with Gasteiger partial charge in [-0.2, -0.15) is 0 Å². The van der Waals surface area contributed by atoms with Gasteiger partial charge in [0.15, 0.2) is 0 Å². The zero-order chi connectivity index (χ0) is 48.2. The van der Waals surface area contributed by atoms with Crippen molar-refractivity contribution in [1.29, 1.82) is 0 Å². The van der Waals surface area contributed by atoms with E-state index in [1.165, 1.54) is 21.9 Å². The van der Waals surface area contributed by atoms with Crippen molar-refractivity contribution in [2.45, 2.75) is 154 Å². The Kier molecular flexibility index (Phi) is 13.7. The van der Waals surface area contributed by atoms with E-state index in [4.69, 9.17) is 19.4 Å². The standard InChI is InChI=1S/C50H69F2N7O6Si2/c1-50(2,3)32-14-16-33(17-15-32)59-40(34-26-38-44(28-36(34)51)57(30-64-22-24-66(4,5)6)46(53-38)42-12-10-20-55(42)48(60)61)18-19-41(59)35-27-39-45(29-37(35)52)58(31-65-23-25-67(7,8)9)47(54-39)43-13-11-21-56(43)49(62)63/h14-17,26-29,40-43H,10-13,18-25,30-31H2,1-9H3,(H,60,61)(H,62,63)/t40-,41-,42-,43+/m1/s1. The molecule has 4 atom stereocenters. The third kappa shape index (κ3) is 10.3. The van der Waals surface area contributed by atoms with E-state index in [0.717, 1.165) is 23.3 Å². The van der Waals surface area contributed by atoms with Crippen LogP contribution in [0.15, 0.2) is 48.5 Å². The van der Waals surface area contributed by atoms with E-state index >= 15 is 8.78 Å². The van der Waals surface area contributed by atoms with Gasteiger partial charge in [-0.1, -0.05) is 72.2 Å². The molecule has 5 heterocycles. The number of fused-ring (bicyclic) bond motifs is 2. The first kappa shape index (κ1) is 48.6. The third-order valence-electron chi connectivity index (χ3n) is 14.0. The highest BCUT2D eigenvalue weighted by molar-refractivity contribution is 6.76. The Morgan fingerprint density at radius 2 is 1.07 bits per heavy atom. The zero-order valence-electron chi connectivity index (χ0n) is 40.7. The summed E-state index contributed by atoms with van der Waals surface area (Å²) in [5.74, 6) is 0.216. The molecule has 0 bridgehead atoms. The average Bonchev–Trinajstić information content (AvgIpc) is 4.09. The Morgan fingerprint density at radius 3 is 1.45 bits per heavy atom. The van der Waals surface area contributed by atoms with E-state index in [1.807, 2.05) is 21.3 Å². The Labute approximate surface area is 395 Å². The number of nitrogens with zero attached hydrogens (tertiary/aromatic N) is 7. The maximum absolute atomic E-state index is 17.1. The lowest BCUT2D eigenvalue weighted by molar-refractivity contribution is 0.0832. The summed E-state index contributed by atoms with van der Waals surface area (Å²) in [4.78, 5) is 39.9. The molecule has 67 heavy (non-hydrogen) atoms. The number of hydrogen-bond acceptors (Lipinski definition) is 7. The number of ether oxygens (including phenoxy) is 2. The van der Waals surface area contributed by atoms with Crippen molar-refractivity contribution in [1.82, 2.24) is 28.9 Å². The van der Waals surface area contributed by atoms with Gasteiger partial charge in [-0.25, -0.2) is 28.3 Å². The lowest BCUT2D eigenvalue weighted by Crippen LogP contribution is -2.30. The van der Waals surface area contributed by atoms with Gasteiger partial charge < -0.3 is 33.7 Å². The van der Waals surface area contributed by atoms with Crippen molar-refractivity contribution in [3.8, 4) is 0 Å². The van der Waals surface area contributed by atoms with Crippen LogP contribution in [0.1, 0.15) is 112 Å². The molecule has 8 rings (SSSR count). The van der Waals surface area contributed by atoms with Gasteiger partial charge in [-0.3, -0.25) is 9.80 Å². The Balaban J connectivity index is 1.21. The van der Waals surface area contributed by atoms with Gasteiger partial charge in [0.1, 0.15) is 36.7 Å². The lowest BCUT2D eigenvalue weighted by atomic mass is 9.87. The molecule has 2 aromatic heterocycles. The summed E-state index contributed by atoms with van der Waals surface area (Å²) >= 11 is 0. The summed E-state index contributed by atoms with van der Waals surface area (Å²) in [6.45, 7) is 22.2. The monoisotopic (exact) mass is 957 g/mol. The molecular formula is C50H69F2N7O6Si2. The highest BCUT2D eigenvalue weighted by atomic mass is 28.3. The minimum absolute atomic E-state index is 0.119. The van der Waals surface area contributed by atoms with Crippen LogP contribution in [-0.4, -0.2) is 93.8 Å². The normalized spacial score (nSPS) is 20.6. The molecule has 13 nitrogen and oxygen atoms in total. The van der Waals surface area contributed by atoms with Crippen LogP contribution in [0.2, 0.25) is 51.4 Å². The minimum Gasteiger partial charge on any atom is -0.465 e. The van der Waals surface area contributed by atoms with Crippen LogP contribution in [0.25, 0.3) is 22.1 Å². The van der Waals surface area contributed by atoms with Crippen molar-refractivity contribution in [2.24, 2.45) is 0 Å². The van der Waals surface area contributed by atoms with Crippen LogP contribution >= 0.6 is 0 Å². The van der Waals surface area contributed by atoms with Crippen LogP contribution in [0, 0.1) is 11.6 Å². The largest absolute Gasteiger partial charge is 0.465 e. The first-order valence-corrected chi connectivity index (χ1v) is 31.4. The fourth-order valence-electron chi connectivity index (χ4n) is 10.2. The first-order valence-electron chi connectivity index (χ1n) is 24.0. The van der Waals surface area contributed by atoms with Crippen LogP contribution < -0.4 is 4.90 Å². The molecule has 3 aliphatic rings. The number of rotatable bonds is 15. The number of hydrogen-bond donors (Lipinski definition) is 2. The van der Waals surface area contributed by atoms with E-state index < -0.39 is 64.1 Å². The molecule has 362 valence electrons. The van der Waals surface area contributed by atoms with Crippen molar-refractivity contribution in [3.05, 3.63) is 88.5 Å². The molecule has 0 saturated carbocycles. The summed E-state index contributed by atoms with van der Waals surface area (Å²) in [6, 6.07) is 14.7. The van der Waals surface area contributed by atoms with Crippen LogP contribution in [0.4, 0.5) is 24.1 Å². The smallest absolute Gasteiger partial charge is 0.407 e. The van der Waals surface area contributed by atoms with Crippen molar-refractivity contribution < 1.29 is 38.1 Å². The molecular weight excluding hydrogens is 889 g/mol. The van der Waals surface area contributed by atoms with Crippen molar-refractivity contribution in [2.75, 3.05) is 31.2 Å². The number of carbonyl (C=O) groups is 2. The molecule has 0 radical (unpaired) electrons. The summed E-state index contributed by atoms with van der Waals surface area (Å²) in [7, 11) is -2.81. The second-order valence-corrected chi connectivity index (χ2v) is 33.5. The van der Waals surface area contributed by atoms with Gasteiger partial charge in [0.05, 0.1) is 46.2 Å². The van der Waals surface area contributed by atoms with Crippen molar-refractivity contribution in [3.63, 3.8) is 0 Å². The van der Waals surface area contributed by atoms with Crippen LogP contribution in [0.5, 0.6) is 0 Å². The van der Waals surface area contributed by atoms with E-state index in [-0.39, 0.29) is 18.9 Å². The molecule has 3 saturated heterocycles. The Morgan fingerprint density at radius 1 is 0.657 bits per heavy atom. The van der Waals surface area contributed by atoms with E-state index in [1.54, 1.807) is 12.1 Å². The number of anilines is 1. The van der Waals surface area contributed by atoms with Gasteiger partial charge >= 0.3 is 12.2 Å². The second kappa shape index (κ2) is 18.9. The summed E-state index contributed by atoms with van der Waals surface area (Å²) < 4.78 is 50.4. The highest BCUT2D eigenvalue weighted by Gasteiger charge is 2.41. The number of benzene rings is 3. The number of likely N-dealkylation sites (tertiary alicyclic amines) is 2. The number of amides is 2. The topological polar surface area (TPSA) is 138 Å². The molecule has 3 fully saturated rings. The van der Waals surface area contributed by atoms with Crippen LogP contribution in [0.3, 0.4) is 0 Å². The molecule has 2 amide bonds.